The number of hydrogen-bond acceptors (Lipinski definition) is 3. The van der Waals surface area contributed by atoms with Crippen LogP contribution in [0.2, 0.25) is 0 Å². The van der Waals surface area contributed by atoms with Gasteiger partial charge in [0, 0.05) is 10.8 Å². The van der Waals surface area contributed by atoms with E-state index in [2.05, 4.69) is 12.1 Å². The van der Waals surface area contributed by atoms with Gasteiger partial charge in [-0.1, -0.05) is 94.2 Å². The molecule has 1 fully saturated rings. The van der Waals surface area contributed by atoms with Gasteiger partial charge in [0.05, 0.1) is 6.10 Å². The minimum atomic E-state index is -1.44. The summed E-state index contributed by atoms with van der Waals surface area (Å²) in [7, 11) is -1.44. The summed E-state index contributed by atoms with van der Waals surface area (Å²) in [5.74, 6) is 0. The molecule has 3 nitrogen and oxygen atoms in total. The van der Waals surface area contributed by atoms with Crippen LogP contribution in [0.3, 0.4) is 0 Å². The zero-order chi connectivity index (χ0) is 19.0. The molecule has 0 saturated heterocycles. The van der Waals surface area contributed by atoms with Gasteiger partial charge in [0.25, 0.3) is 0 Å². The van der Waals surface area contributed by atoms with E-state index in [9.17, 15) is 0 Å². The standard InChI is InChI=1S/C24H31O3P/c1-2-4-6-8-14-20(15-9-7-5-3-1)25-28-26-23-18-12-10-16-21(23)22-17-11-13-19-24(22)27-28/h10-13,16-20H,1-9,14-15H2. The minimum absolute atomic E-state index is 0.225. The Hall–Kier alpha value is -1.70. The van der Waals surface area contributed by atoms with Crippen molar-refractivity contribution in [3.63, 3.8) is 0 Å². The Morgan fingerprint density at radius 2 is 1.04 bits per heavy atom. The molecule has 2 aromatic carbocycles. The second-order valence-electron chi connectivity index (χ2n) is 7.89. The topological polar surface area (TPSA) is 35.5 Å². The highest BCUT2D eigenvalue weighted by molar-refractivity contribution is 7.31. The molecule has 0 bridgehead atoms. The second kappa shape index (κ2) is 10.2. The molecule has 0 amide bonds. The molecular formula is C24H31O3P. The van der Waals surface area contributed by atoms with E-state index in [4.69, 9.17) is 12.9 Å². The third-order valence-corrected chi connectivity index (χ3v) is 6.86. The highest BCUT2D eigenvalue weighted by Crippen LogP contribution is 2.35. The first kappa shape index (κ1) is 19.6. The third kappa shape index (κ3) is 5.21. The predicted octanol–water partition coefficient (Wildman–Crippen LogP) is 8.39. The van der Waals surface area contributed by atoms with Crippen LogP contribution in [0.1, 0.15) is 70.6 Å². The van der Waals surface area contributed by atoms with E-state index < -0.39 is 8.24 Å². The van der Waals surface area contributed by atoms with Crippen LogP contribution >= 0.6 is 8.24 Å². The van der Waals surface area contributed by atoms with E-state index in [0.29, 0.717) is 0 Å². The fourth-order valence-corrected chi connectivity index (χ4v) is 5.33. The molecule has 4 heteroatoms. The average molecular weight is 398 g/mol. The normalized spacial score (nSPS) is 17.9. The molecule has 1 aromatic heterocycles. The molecule has 1 aliphatic rings. The van der Waals surface area contributed by atoms with E-state index in [-0.39, 0.29) is 6.10 Å². The smallest absolute Gasteiger partial charge is 0.387 e. The first-order chi connectivity index (χ1) is 13.9. The van der Waals surface area contributed by atoms with Crippen LogP contribution < -0.4 is 4.52 Å². The molecule has 1 aliphatic carbocycles. The number of benzene rings is 2. The van der Waals surface area contributed by atoms with E-state index >= 15 is 0 Å². The Morgan fingerprint density at radius 1 is 0.607 bits per heavy atom. The maximum Gasteiger partial charge on any atom is 0.387 e. The molecule has 1 saturated carbocycles. The maximum atomic E-state index is 6.45. The molecule has 0 aliphatic heterocycles. The zero-order valence-corrected chi connectivity index (χ0v) is 17.5. The minimum Gasteiger partial charge on any atom is -0.399 e. The van der Waals surface area contributed by atoms with Crippen LogP contribution in [0.4, 0.5) is 0 Å². The van der Waals surface area contributed by atoms with Crippen LogP contribution in [0.25, 0.3) is 21.9 Å². The second-order valence-corrected chi connectivity index (χ2v) is 8.91. The van der Waals surface area contributed by atoms with Crippen molar-refractivity contribution in [3.05, 3.63) is 48.5 Å². The summed E-state index contributed by atoms with van der Waals surface area (Å²) in [6.45, 7) is 0. The Morgan fingerprint density at radius 3 is 1.54 bits per heavy atom. The summed E-state index contributed by atoms with van der Waals surface area (Å²) < 4.78 is 18.9. The Balaban J connectivity index is 1.61. The van der Waals surface area contributed by atoms with Crippen LogP contribution in [-0.2, 0) is 0 Å². The van der Waals surface area contributed by atoms with E-state index in [1.54, 1.807) is 0 Å². The van der Waals surface area contributed by atoms with Crippen molar-refractivity contribution in [1.29, 1.82) is 0 Å². The number of fused-ring (bicyclic) bond motifs is 3. The summed E-state index contributed by atoms with van der Waals surface area (Å²) in [5.41, 5.74) is 1.71. The van der Waals surface area contributed by atoms with Gasteiger partial charge in [0.2, 0.25) is 0 Å². The molecular weight excluding hydrogens is 367 g/mol. The van der Waals surface area contributed by atoms with Gasteiger partial charge in [-0.05, 0) is 25.0 Å². The predicted molar refractivity (Wildman–Crippen MR) is 117 cm³/mol. The molecule has 4 rings (SSSR count). The van der Waals surface area contributed by atoms with Crippen molar-refractivity contribution in [3.8, 4) is 0 Å². The molecule has 150 valence electrons. The lowest BCUT2D eigenvalue weighted by Crippen LogP contribution is -2.15. The summed E-state index contributed by atoms with van der Waals surface area (Å²) >= 11 is 0. The van der Waals surface area contributed by atoms with Crippen molar-refractivity contribution in [2.75, 3.05) is 0 Å². The van der Waals surface area contributed by atoms with Crippen LogP contribution in [0.15, 0.2) is 56.9 Å². The molecule has 1 heterocycles. The van der Waals surface area contributed by atoms with Crippen molar-refractivity contribution >= 4 is 30.2 Å². The summed E-state index contributed by atoms with van der Waals surface area (Å²) in [6, 6.07) is 16.3. The highest BCUT2D eigenvalue weighted by Gasteiger charge is 2.15. The van der Waals surface area contributed by atoms with Crippen LogP contribution in [0, 0.1) is 0 Å². The Labute approximate surface area is 168 Å². The van der Waals surface area contributed by atoms with Gasteiger partial charge < -0.3 is 8.39 Å². The third-order valence-electron chi connectivity index (χ3n) is 5.70. The fourth-order valence-electron chi connectivity index (χ4n) is 4.11. The van der Waals surface area contributed by atoms with E-state index in [1.807, 2.05) is 36.4 Å². The lowest BCUT2D eigenvalue weighted by Gasteiger charge is -2.16. The van der Waals surface area contributed by atoms with Crippen LogP contribution in [-0.4, -0.2) is 6.10 Å². The summed E-state index contributed by atoms with van der Waals surface area (Å²) in [4.78, 5) is 0. The van der Waals surface area contributed by atoms with Gasteiger partial charge in [-0.2, -0.15) is 0 Å². The first-order valence-electron chi connectivity index (χ1n) is 10.9. The van der Waals surface area contributed by atoms with E-state index in [1.165, 1.54) is 57.8 Å². The SMILES string of the molecule is c1ccc2c(c1)op(OC1CCCCCCCCCCC1)oc1ccccc12. The van der Waals surface area contributed by atoms with Crippen molar-refractivity contribution in [2.24, 2.45) is 0 Å². The summed E-state index contributed by atoms with van der Waals surface area (Å²) in [6.07, 6.45) is 14.4. The molecule has 0 atom stereocenters. The molecule has 0 radical (unpaired) electrons. The maximum absolute atomic E-state index is 6.45. The lowest BCUT2D eigenvalue weighted by atomic mass is 10.00. The first-order valence-corrected chi connectivity index (χ1v) is 12.0. The quantitative estimate of drug-likeness (QED) is 0.435. The lowest BCUT2D eigenvalue weighted by molar-refractivity contribution is 0.220. The Bertz CT molecular complexity index is 848. The van der Waals surface area contributed by atoms with Gasteiger partial charge in [0.1, 0.15) is 11.2 Å². The van der Waals surface area contributed by atoms with Gasteiger partial charge in [-0.25, -0.2) is 0 Å². The van der Waals surface area contributed by atoms with Crippen LogP contribution in [0.5, 0.6) is 0 Å². The molecule has 28 heavy (non-hydrogen) atoms. The largest absolute Gasteiger partial charge is 0.399 e. The zero-order valence-electron chi connectivity index (χ0n) is 16.6. The van der Waals surface area contributed by atoms with E-state index in [0.717, 1.165) is 34.8 Å². The number of hydrogen-bond donors (Lipinski definition) is 0. The fraction of sp³-hybridized carbons (Fsp3) is 0.500. The molecule has 0 spiro atoms. The van der Waals surface area contributed by atoms with Crippen molar-refractivity contribution in [2.45, 2.75) is 76.7 Å². The van der Waals surface area contributed by atoms with Gasteiger partial charge in [0.15, 0.2) is 0 Å². The average Bonchev–Trinajstić information content (AvgIpc) is 2.86. The summed E-state index contributed by atoms with van der Waals surface area (Å²) in [5, 5.41) is 2.15. The van der Waals surface area contributed by atoms with Gasteiger partial charge in [-0.3, -0.25) is 4.52 Å². The number of para-hydroxylation sites is 2. The molecule has 0 N–H and O–H groups in total. The van der Waals surface area contributed by atoms with Gasteiger partial charge in [-0.15, -0.1) is 0 Å². The highest BCUT2D eigenvalue weighted by atomic mass is 31.1. The van der Waals surface area contributed by atoms with Crippen molar-refractivity contribution < 1.29 is 12.9 Å². The Kier molecular flexibility index (Phi) is 7.13. The van der Waals surface area contributed by atoms with Crippen molar-refractivity contribution in [1.82, 2.24) is 0 Å². The van der Waals surface area contributed by atoms with Gasteiger partial charge >= 0.3 is 8.24 Å². The number of rotatable bonds is 2. The molecule has 0 unspecified atom stereocenters. The molecule has 3 aromatic rings. The monoisotopic (exact) mass is 398 g/mol.